The minimum absolute atomic E-state index is 0.229. The van der Waals surface area contributed by atoms with Crippen LogP contribution in [0.5, 0.6) is 0 Å². The topological polar surface area (TPSA) is 60.2 Å². The molecule has 0 radical (unpaired) electrons. The van der Waals surface area contributed by atoms with Crippen LogP contribution >= 0.6 is 0 Å². The highest BCUT2D eigenvalue weighted by Gasteiger charge is 2.28. The van der Waals surface area contributed by atoms with Crippen molar-refractivity contribution in [2.45, 2.75) is 65.4 Å². The lowest BCUT2D eigenvalue weighted by molar-refractivity contribution is 0.0153. The van der Waals surface area contributed by atoms with E-state index in [4.69, 9.17) is 4.74 Å². The molecule has 1 aromatic rings. The lowest BCUT2D eigenvalue weighted by atomic mass is 9.98. The van der Waals surface area contributed by atoms with Gasteiger partial charge in [0.05, 0.1) is 12.7 Å². The van der Waals surface area contributed by atoms with Gasteiger partial charge in [0.1, 0.15) is 13.7 Å². The summed E-state index contributed by atoms with van der Waals surface area (Å²) in [5.41, 5.74) is 3.57. The third-order valence-corrected chi connectivity index (χ3v) is 4.57. The molecule has 6 nitrogen and oxygen atoms in total. The monoisotopic (exact) mass is 362 g/mol. The Morgan fingerprint density at radius 1 is 1.40 bits per heavy atom. The van der Waals surface area contributed by atoms with E-state index in [-0.39, 0.29) is 6.09 Å². The number of piperidine rings is 1. The highest BCUT2D eigenvalue weighted by Crippen LogP contribution is 2.20. The van der Waals surface area contributed by atoms with Gasteiger partial charge in [-0.15, -0.1) is 10.6 Å². The van der Waals surface area contributed by atoms with Crippen molar-refractivity contribution in [3.05, 3.63) is 11.9 Å². The van der Waals surface area contributed by atoms with Gasteiger partial charge in [-0.1, -0.05) is 25.6 Å². The smallest absolute Gasteiger partial charge is 0.410 e. The van der Waals surface area contributed by atoms with Gasteiger partial charge in [0.15, 0.2) is 5.69 Å². The molecular formula is C18H30N4O2Si. The van der Waals surface area contributed by atoms with E-state index >= 15 is 0 Å². The summed E-state index contributed by atoms with van der Waals surface area (Å²) in [5.74, 6) is 3.47. The van der Waals surface area contributed by atoms with Crippen LogP contribution in [0.15, 0.2) is 6.20 Å². The summed E-state index contributed by atoms with van der Waals surface area (Å²) in [6.45, 7) is 14.4. The number of rotatable bonds is 2. The van der Waals surface area contributed by atoms with Crippen LogP contribution in [0.4, 0.5) is 4.79 Å². The Morgan fingerprint density at radius 3 is 2.76 bits per heavy atom. The van der Waals surface area contributed by atoms with E-state index < -0.39 is 13.7 Å². The Morgan fingerprint density at radius 2 is 2.12 bits per heavy atom. The molecule has 0 aromatic carbocycles. The first-order valence-electron chi connectivity index (χ1n) is 8.93. The van der Waals surface area contributed by atoms with E-state index in [0.717, 1.165) is 25.1 Å². The van der Waals surface area contributed by atoms with E-state index in [2.05, 4.69) is 41.3 Å². The average Bonchev–Trinajstić information content (AvgIpc) is 2.90. The van der Waals surface area contributed by atoms with Gasteiger partial charge in [-0.2, -0.15) is 9.90 Å². The first-order valence-corrected chi connectivity index (χ1v) is 12.4. The van der Waals surface area contributed by atoms with Gasteiger partial charge in [-0.3, -0.25) is 0 Å². The maximum absolute atomic E-state index is 12.2. The van der Waals surface area contributed by atoms with Crippen LogP contribution in [0.25, 0.3) is 0 Å². The van der Waals surface area contributed by atoms with E-state index in [1.165, 1.54) is 0 Å². The number of hydrogen-bond acceptors (Lipinski definition) is 4. The molecule has 138 valence electrons. The molecule has 0 spiro atoms. The Hall–Kier alpha value is -1.81. The van der Waals surface area contributed by atoms with Crippen LogP contribution in [0.2, 0.25) is 19.6 Å². The van der Waals surface area contributed by atoms with E-state index in [9.17, 15) is 4.79 Å². The fraction of sp³-hybridized carbons (Fsp3) is 0.722. The summed E-state index contributed by atoms with van der Waals surface area (Å²) < 4.78 is 5.48. The number of aromatic nitrogens is 3. The molecular weight excluding hydrogens is 332 g/mol. The zero-order valence-electron chi connectivity index (χ0n) is 16.3. The van der Waals surface area contributed by atoms with Crippen LogP contribution in [0.3, 0.4) is 0 Å². The highest BCUT2D eigenvalue weighted by atomic mass is 28.3. The number of carbonyl (C=O) groups excluding carboxylic acids is 1. The maximum atomic E-state index is 12.2. The van der Waals surface area contributed by atoms with Crippen LogP contribution < -0.4 is 0 Å². The van der Waals surface area contributed by atoms with Crippen molar-refractivity contribution < 1.29 is 9.53 Å². The third kappa shape index (κ3) is 6.90. The standard InChI is InChI=1S/C18H30N4O2Si/c1-18(2,3)24-17(23)21-10-7-8-15(13-21)14-22-19-12-16(20-22)9-11-25(4,5)6/h12,15H,7-8,10,13-14H2,1-6H3/t15-/m1/s1. The Balaban J connectivity index is 1.93. The predicted octanol–water partition coefficient (Wildman–Crippen LogP) is 3.15. The molecule has 0 bridgehead atoms. The number of nitrogens with zero attached hydrogens (tertiary/aromatic N) is 4. The first kappa shape index (κ1) is 19.5. The highest BCUT2D eigenvalue weighted by molar-refractivity contribution is 6.83. The first-order chi connectivity index (χ1) is 11.5. The second-order valence-corrected chi connectivity index (χ2v) is 13.5. The minimum Gasteiger partial charge on any atom is -0.444 e. The van der Waals surface area contributed by atoms with Crippen LogP contribution in [-0.2, 0) is 11.3 Å². The molecule has 2 rings (SSSR count). The van der Waals surface area contributed by atoms with Crippen molar-refractivity contribution in [2.24, 2.45) is 5.92 Å². The van der Waals surface area contributed by atoms with Crippen molar-refractivity contribution in [1.29, 1.82) is 0 Å². The van der Waals surface area contributed by atoms with Crippen molar-refractivity contribution in [3.8, 4) is 11.5 Å². The number of hydrogen-bond donors (Lipinski definition) is 0. The summed E-state index contributed by atoms with van der Waals surface area (Å²) in [6.07, 6.45) is 3.54. The SMILES string of the molecule is CC(C)(C)OC(=O)N1CCC[C@@H](Cn2ncc(C#C[Si](C)(C)C)n2)C1. The molecule has 0 saturated carbocycles. The summed E-state index contributed by atoms with van der Waals surface area (Å²) in [7, 11) is -1.41. The van der Waals surface area contributed by atoms with E-state index in [1.54, 1.807) is 15.9 Å². The number of ether oxygens (including phenoxy) is 1. The van der Waals surface area contributed by atoms with Gasteiger partial charge in [-0.05, 0) is 39.5 Å². The molecule has 1 fully saturated rings. The fourth-order valence-corrected chi connectivity index (χ4v) is 3.13. The molecule has 7 heteroatoms. The molecule has 0 aliphatic carbocycles. The van der Waals surface area contributed by atoms with Gasteiger partial charge in [-0.25, -0.2) is 4.79 Å². The normalized spacial score (nSPS) is 18.5. The van der Waals surface area contributed by atoms with Crippen LogP contribution in [-0.4, -0.2) is 52.8 Å². The summed E-state index contributed by atoms with van der Waals surface area (Å²) in [4.78, 5) is 15.8. The van der Waals surface area contributed by atoms with Crippen molar-refractivity contribution in [2.75, 3.05) is 13.1 Å². The Labute approximate surface area is 151 Å². The molecule has 0 unspecified atom stereocenters. The second kappa shape index (κ2) is 7.61. The number of carbonyl (C=O) groups is 1. The van der Waals surface area contributed by atoms with Gasteiger partial charge in [0, 0.05) is 13.1 Å². The van der Waals surface area contributed by atoms with E-state index in [1.807, 2.05) is 20.8 Å². The number of amides is 1. The van der Waals surface area contributed by atoms with E-state index in [0.29, 0.717) is 19.0 Å². The third-order valence-electron chi connectivity index (χ3n) is 3.69. The summed E-state index contributed by atoms with van der Waals surface area (Å²) in [5, 5.41) is 8.78. The average molecular weight is 363 g/mol. The maximum Gasteiger partial charge on any atom is 0.410 e. The molecule has 1 saturated heterocycles. The summed E-state index contributed by atoms with van der Waals surface area (Å²) in [6, 6.07) is 0. The molecule has 2 heterocycles. The van der Waals surface area contributed by atoms with Crippen LogP contribution in [0.1, 0.15) is 39.3 Å². The van der Waals surface area contributed by atoms with Crippen molar-refractivity contribution >= 4 is 14.2 Å². The molecule has 1 aliphatic rings. The minimum atomic E-state index is -1.41. The molecule has 1 amide bonds. The molecule has 25 heavy (non-hydrogen) atoms. The summed E-state index contributed by atoms with van der Waals surface area (Å²) >= 11 is 0. The predicted molar refractivity (Wildman–Crippen MR) is 101 cm³/mol. The molecule has 1 atom stereocenters. The Bertz CT molecular complexity index is 661. The fourth-order valence-electron chi connectivity index (χ4n) is 2.63. The van der Waals surface area contributed by atoms with Gasteiger partial charge >= 0.3 is 6.09 Å². The van der Waals surface area contributed by atoms with Crippen LogP contribution in [0, 0.1) is 17.4 Å². The van der Waals surface area contributed by atoms with Crippen molar-refractivity contribution in [3.63, 3.8) is 0 Å². The second-order valence-electron chi connectivity index (χ2n) is 8.72. The lowest BCUT2D eigenvalue weighted by Crippen LogP contribution is -2.43. The zero-order valence-corrected chi connectivity index (χ0v) is 17.3. The van der Waals surface area contributed by atoms with Gasteiger partial charge in [0.2, 0.25) is 0 Å². The quantitative estimate of drug-likeness (QED) is 0.599. The largest absolute Gasteiger partial charge is 0.444 e. The molecule has 1 aliphatic heterocycles. The lowest BCUT2D eigenvalue weighted by Gasteiger charge is -2.33. The molecule has 1 aromatic heterocycles. The van der Waals surface area contributed by atoms with Gasteiger partial charge in [0.25, 0.3) is 0 Å². The van der Waals surface area contributed by atoms with Crippen molar-refractivity contribution in [1.82, 2.24) is 19.9 Å². The van der Waals surface area contributed by atoms with Gasteiger partial charge < -0.3 is 9.64 Å². The zero-order chi connectivity index (χ0) is 18.7. The number of likely N-dealkylation sites (tertiary alicyclic amines) is 1. The Kier molecular flexibility index (Phi) is 5.94. The molecule has 0 N–H and O–H groups in total.